The summed E-state index contributed by atoms with van der Waals surface area (Å²) in [5.41, 5.74) is 1.70. The van der Waals surface area contributed by atoms with Crippen molar-refractivity contribution in [3.05, 3.63) is 142 Å². The number of amides is 2. The second-order valence-electron chi connectivity index (χ2n) is 12.1. The summed E-state index contributed by atoms with van der Waals surface area (Å²) in [6.45, 7) is 2.01. The van der Waals surface area contributed by atoms with Crippen molar-refractivity contribution in [2.75, 3.05) is 11.5 Å². The second kappa shape index (κ2) is 12.1. The minimum absolute atomic E-state index is 0.0407. The maximum atomic E-state index is 14.2. The molecule has 0 aliphatic carbocycles. The van der Waals surface area contributed by atoms with E-state index >= 15 is 0 Å². The first-order valence-corrected chi connectivity index (χ1v) is 15.7. The van der Waals surface area contributed by atoms with E-state index in [0.717, 1.165) is 11.1 Å². The van der Waals surface area contributed by atoms with E-state index in [0.29, 0.717) is 46.4 Å². The van der Waals surface area contributed by atoms with Crippen molar-refractivity contribution in [3.8, 4) is 5.69 Å². The summed E-state index contributed by atoms with van der Waals surface area (Å²) >= 11 is 0. The average Bonchev–Trinajstić information content (AvgIpc) is 3.34. The Bertz CT molecular complexity index is 2090. The highest BCUT2D eigenvalue weighted by Gasteiger charge is 2.53. The molecule has 47 heavy (non-hydrogen) atoms. The standard InChI is InChI=1S/C38H34N4O5/c1-25(10-9-17-35(44)40-23-28-13-6-5-11-26(28)20-31(40)24-43)38(47)33-21-30(42-36(45)32-16-8-7-12-27(32)22-39-42)18-19-34(33)41(37(38)46)29-14-3-2-4-15-29/h2-16,18-19,21-22,25,31,43,47H,17,20,23-24H2,1H3/b10-9+/t25-,31-,38+/m0/s1. The maximum absolute atomic E-state index is 14.2. The molecule has 9 nitrogen and oxygen atoms in total. The molecule has 3 heterocycles. The van der Waals surface area contributed by atoms with Gasteiger partial charge in [-0.1, -0.05) is 79.7 Å². The molecule has 9 heteroatoms. The first-order valence-electron chi connectivity index (χ1n) is 15.7. The molecular formula is C38H34N4O5. The van der Waals surface area contributed by atoms with Gasteiger partial charge in [0.25, 0.3) is 11.5 Å². The SMILES string of the molecule is C[C@@H](/C=C/CC(=O)N1Cc2ccccc2C[C@H]1CO)[C@]1(O)C(=O)N(c2ccccc2)c2ccc(-n3ncc4ccccc4c3=O)cc21. The largest absolute Gasteiger partial charge is 0.394 e. The summed E-state index contributed by atoms with van der Waals surface area (Å²) in [6, 6.07) is 28.9. The predicted octanol–water partition coefficient (Wildman–Crippen LogP) is 4.78. The molecule has 2 aliphatic heterocycles. The number of hydrogen-bond donors (Lipinski definition) is 2. The van der Waals surface area contributed by atoms with Crippen molar-refractivity contribution in [3.63, 3.8) is 0 Å². The van der Waals surface area contributed by atoms with Crippen molar-refractivity contribution in [2.45, 2.75) is 38.0 Å². The van der Waals surface area contributed by atoms with Gasteiger partial charge in [0.15, 0.2) is 5.60 Å². The third kappa shape index (κ3) is 5.14. The highest BCUT2D eigenvalue weighted by molar-refractivity contribution is 6.12. The fraction of sp³-hybridized carbons (Fsp3) is 0.211. The van der Waals surface area contributed by atoms with E-state index in [4.69, 9.17) is 0 Å². The van der Waals surface area contributed by atoms with Crippen LogP contribution < -0.4 is 10.5 Å². The number of para-hydroxylation sites is 1. The number of carbonyl (C=O) groups excluding carboxylic acids is 2. The molecule has 5 aromatic rings. The molecule has 7 rings (SSSR count). The quantitative estimate of drug-likeness (QED) is 0.251. The normalized spacial score (nSPS) is 19.6. The monoisotopic (exact) mass is 626 g/mol. The number of aliphatic hydroxyl groups excluding tert-OH is 1. The Balaban J connectivity index is 1.22. The zero-order valence-corrected chi connectivity index (χ0v) is 25.9. The minimum Gasteiger partial charge on any atom is -0.394 e. The van der Waals surface area contributed by atoms with Gasteiger partial charge >= 0.3 is 0 Å². The molecule has 1 aromatic heterocycles. The van der Waals surface area contributed by atoms with Gasteiger partial charge in [0.05, 0.1) is 35.6 Å². The Morgan fingerprint density at radius 1 is 0.957 bits per heavy atom. The molecule has 2 N–H and O–H groups in total. The number of benzene rings is 4. The van der Waals surface area contributed by atoms with Crippen molar-refractivity contribution < 1.29 is 19.8 Å². The van der Waals surface area contributed by atoms with Gasteiger partial charge in [0.1, 0.15) is 0 Å². The third-order valence-electron chi connectivity index (χ3n) is 9.38. The zero-order chi connectivity index (χ0) is 32.7. The van der Waals surface area contributed by atoms with Gasteiger partial charge in [-0.15, -0.1) is 0 Å². The lowest BCUT2D eigenvalue weighted by atomic mass is 9.82. The van der Waals surface area contributed by atoms with E-state index in [1.165, 1.54) is 9.58 Å². The number of aromatic nitrogens is 2. The number of rotatable bonds is 7. The highest BCUT2D eigenvalue weighted by atomic mass is 16.3. The first-order chi connectivity index (χ1) is 22.8. The van der Waals surface area contributed by atoms with Gasteiger partial charge in [0, 0.05) is 35.5 Å². The number of anilines is 2. The molecule has 4 aromatic carbocycles. The van der Waals surface area contributed by atoms with Crippen molar-refractivity contribution >= 4 is 34.0 Å². The van der Waals surface area contributed by atoms with Gasteiger partial charge in [-0.2, -0.15) is 9.78 Å². The third-order valence-corrected chi connectivity index (χ3v) is 9.38. The molecule has 236 valence electrons. The van der Waals surface area contributed by atoms with Gasteiger partial charge in [0.2, 0.25) is 5.91 Å². The highest BCUT2D eigenvalue weighted by Crippen LogP contribution is 2.48. The number of aliphatic hydroxyl groups is 2. The smallest absolute Gasteiger partial charge is 0.279 e. The summed E-state index contributed by atoms with van der Waals surface area (Å²) in [5.74, 6) is -1.43. The number of carbonyl (C=O) groups is 2. The number of nitrogens with zero attached hydrogens (tertiary/aromatic N) is 4. The lowest BCUT2D eigenvalue weighted by molar-refractivity contribution is -0.138. The number of hydrogen-bond acceptors (Lipinski definition) is 6. The zero-order valence-electron chi connectivity index (χ0n) is 25.9. The van der Waals surface area contributed by atoms with Gasteiger partial charge in [-0.3, -0.25) is 19.3 Å². The summed E-state index contributed by atoms with van der Waals surface area (Å²) in [4.78, 5) is 44.2. The molecular weight excluding hydrogens is 592 g/mol. The van der Waals surface area contributed by atoms with Crippen LogP contribution in [0.15, 0.2) is 120 Å². The predicted molar refractivity (Wildman–Crippen MR) is 179 cm³/mol. The van der Waals surface area contributed by atoms with Crippen LogP contribution in [0, 0.1) is 5.92 Å². The summed E-state index contributed by atoms with van der Waals surface area (Å²) in [7, 11) is 0. The van der Waals surface area contributed by atoms with E-state index in [2.05, 4.69) is 5.10 Å². The van der Waals surface area contributed by atoms with Crippen LogP contribution in [0.1, 0.15) is 30.0 Å². The average molecular weight is 627 g/mol. The van der Waals surface area contributed by atoms with Crippen LogP contribution >= 0.6 is 0 Å². The first kappa shape index (κ1) is 30.3. The fourth-order valence-electron chi connectivity index (χ4n) is 6.77. The van der Waals surface area contributed by atoms with E-state index in [-0.39, 0.29) is 30.5 Å². The Morgan fingerprint density at radius 3 is 2.47 bits per heavy atom. The summed E-state index contributed by atoms with van der Waals surface area (Å²) < 4.78 is 1.27. The topological polar surface area (TPSA) is 116 Å². The maximum Gasteiger partial charge on any atom is 0.279 e. The molecule has 0 saturated carbocycles. The molecule has 0 spiro atoms. The molecule has 2 amide bonds. The van der Waals surface area contributed by atoms with Crippen LogP contribution in [0.2, 0.25) is 0 Å². The van der Waals surface area contributed by atoms with Crippen LogP contribution in [-0.4, -0.2) is 49.4 Å². The van der Waals surface area contributed by atoms with Crippen LogP contribution in [-0.2, 0) is 28.2 Å². The van der Waals surface area contributed by atoms with E-state index in [1.807, 2.05) is 54.6 Å². The van der Waals surface area contributed by atoms with Gasteiger partial charge in [-0.25, -0.2) is 0 Å². The molecule has 0 fully saturated rings. The lowest BCUT2D eigenvalue weighted by Gasteiger charge is -2.36. The van der Waals surface area contributed by atoms with E-state index in [9.17, 15) is 24.6 Å². The van der Waals surface area contributed by atoms with E-state index < -0.39 is 17.4 Å². The lowest BCUT2D eigenvalue weighted by Crippen LogP contribution is -2.46. The minimum atomic E-state index is -2.00. The molecule has 0 bridgehead atoms. The van der Waals surface area contributed by atoms with Gasteiger partial charge < -0.3 is 15.1 Å². The van der Waals surface area contributed by atoms with Crippen molar-refractivity contribution in [1.82, 2.24) is 14.7 Å². The Hall–Kier alpha value is -5.38. The van der Waals surface area contributed by atoms with Crippen molar-refractivity contribution in [1.29, 1.82) is 0 Å². The molecule has 2 aliphatic rings. The fourth-order valence-corrected chi connectivity index (χ4v) is 6.77. The Morgan fingerprint density at radius 2 is 1.68 bits per heavy atom. The Kier molecular flexibility index (Phi) is 7.79. The second-order valence-corrected chi connectivity index (χ2v) is 12.1. The van der Waals surface area contributed by atoms with Gasteiger partial charge in [-0.05, 0) is 53.9 Å². The Labute approximate surface area is 271 Å². The molecule has 3 atom stereocenters. The molecule has 0 radical (unpaired) electrons. The van der Waals surface area contributed by atoms with Crippen LogP contribution in [0.25, 0.3) is 16.5 Å². The van der Waals surface area contributed by atoms with Crippen LogP contribution in [0.4, 0.5) is 11.4 Å². The van der Waals surface area contributed by atoms with E-state index in [1.54, 1.807) is 72.6 Å². The molecule has 0 unspecified atom stereocenters. The van der Waals surface area contributed by atoms with Crippen LogP contribution in [0.5, 0.6) is 0 Å². The summed E-state index contributed by atoms with van der Waals surface area (Å²) in [5, 5.41) is 28.0. The summed E-state index contributed by atoms with van der Waals surface area (Å²) in [6.07, 6.45) is 5.60. The molecule has 0 saturated heterocycles. The van der Waals surface area contributed by atoms with Crippen molar-refractivity contribution in [2.24, 2.45) is 5.92 Å². The number of fused-ring (bicyclic) bond motifs is 3. The van der Waals surface area contributed by atoms with Crippen LogP contribution in [0.3, 0.4) is 0 Å².